The summed E-state index contributed by atoms with van der Waals surface area (Å²) in [6, 6.07) is 4.69. The van der Waals surface area contributed by atoms with Crippen LogP contribution in [0.15, 0.2) is 41.5 Å². The van der Waals surface area contributed by atoms with Gasteiger partial charge >= 0.3 is 6.18 Å². The number of aromatic nitrogens is 3. The van der Waals surface area contributed by atoms with E-state index in [0.29, 0.717) is 13.0 Å². The zero-order valence-corrected chi connectivity index (χ0v) is 17.7. The van der Waals surface area contributed by atoms with Crippen LogP contribution in [0.2, 0.25) is 0 Å². The van der Waals surface area contributed by atoms with Gasteiger partial charge in [-0.25, -0.2) is 0 Å². The quantitative estimate of drug-likeness (QED) is 0.626. The van der Waals surface area contributed by atoms with E-state index in [1.165, 1.54) is 12.3 Å². The van der Waals surface area contributed by atoms with Crippen molar-refractivity contribution in [2.24, 2.45) is 5.73 Å². The van der Waals surface area contributed by atoms with Crippen molar-refractivity contribution in [1.29, 1.82) is 0 Å². The van der Waals surface area contributed by atoms with Crippen LogP contribution in [0.4, 0.5) is 18.9 Å². The molecular formula is C22H25F3N6O. The Balaban J connectivity index is 1.37. The van der Waals surface area contributed by atoms with Gasteiger partial charge in [-0.1, -0.05) is 6.92 Å². The van der Waals surface area contributed by atoms with Gasteiger partial charge in [-0.3, -0.25) is 19.7 Å². The van der Waals surface area contributed by atoms with Crippen LogP contribution in [0.5, 0.6) is 0 Å². The van der Waals surface area contributed by atoms with Crippen LogP contribution in [-0.4, -0.2) is 52.2 Å². The fraction of sp³-hybridized carbons (Fsp3) is 0.409. The first-order valence-electron chi connectivity index (χ1n) is 10.5. The number of hydrogen-bond acceptors (Lipinski definition) is 6. The van der Waals surface area contributed by atoms with Gasteiger partial charge in [-0.2, -0.15) is 13.2 Å². The average molecular weight is 446 g/mol. The Morgan fingerprint density at radius 1 is 1.12 bits per heavy atom. The van der Waals surface area contributed by atoms with E-state index in [4.69, 9.17) is 5.73 Å². The molecule has 0 amide bonds. The Labute approximate surface area is 183 Å². The van der Waals surface area contributed by atoms with Crippen LogP contribution in [0, 0.1) is 0 Å². The Bertz CT molecular complexity index is 1140. The van der Waals surface area contributed by atoms with E-state index in [-0.39, 0.29) is 11.3 Å². The van der Waals surface area contributed by atoms with Gasteiger partial charge in [0, 0.05) is 44.5 Å². The van der Waals surface area contributed by atoms with E-state index < -0.39 is 12.2 Å². The highest BCUT2D eigenvalue weighted by Gasteiger charge is 2.38. The van der Waals surface area contributed by atoms with E-state index in [1.54, 1.807) is 6.07 Å². The number of nitrogens with one attached hydrogen (secondary N) is 1. The normalized spacial score (nSPS) is 16.5. The molecule has 0 saturated carbocycles. The van der Waals surface area contributed by atoms with Gasteiger partial charge < -0.3 is 15.6 Å². The molecule has 1 atom stereocenters. The second kappa shape index (κ2) is 8.87. The van der Waals surface area contributed by atoms with Crippen LogP contribution < -0.4 is 16.2 Å². The number of anilines is 1. The number of nitrogens with zero attached hydrogens (tertiary/aromatic N) is 4. The van der Waals surface area contributed by atoms with Gasteiger partial charge in [-0.05, 0) is 36.2 Å². The van der Waals surface area contributed by atoms with Gasteiger partial charge in [0.05, 0.1) is 28.6 Å². The monoisotopic (exact) mass is 446 g/mol. The summed E-state index contributed by atoms with van der Waals surface area (Å²) >= 11 is 0. The lowest BCUT2D eigenvalue weighted by atomic mass is 10.1. The van der Waals surface area contributed by atoms with E-state index in [0.717, 1.165) is 54.0 Å². The zero-order chi connectivity index (χ0) is 22.9. The van der Waals surface area contributed by atoms with E-state index in [1.807, 2.05) is 25.3 Å². The molecule has 4 rings (SSSR count). The lowest BCUT2D eigenvalue weighted by Crippen LogP contribution is -2.46. The highest BCUT2D eigenvalue weighted by atomic mass is 19.4. The summed E-state index contributed by atoms with van der Waals surface area (Å²) in [5.41, 5.74) is 8.96. The third kappa shape index (κ3) is 4.76. The summed E-state index contributed by atoms with van der Waals surface area (Å²) in [4.78, 5) is 27.8. The van der Waals surface area contributed by atoms with Crippen molar-refractivity contribution >= 4 is 16.7 Å². The third-order valence-corrected chi connectivity index (χ3v) is 5.79. The maximum atomic E-state index is 12.7. The molecule has 3 aromatic heterocycles. The second-order valence-electron chi connectivity index (χ2n) is 7.98. The predicted molar refractivity (Wildman–Crippen MR) is 116 cm³/mol. The lowest BCUT2D eigenvalue weighted by molar-refractivity contribution is -0.150. The van der Waals surface area contributed by atoms with Crippen LogP contribution in [0.1, 0.15) is 29.8 Å². The first-order valence-corrected chi connectivity index (χ1v) is 10.5. The Morgan fingerprint density at radius 2 is 1.88 bits per heavy atom. The standard InChI is InChI=1S/C22H25F3N6O/c1-2-15-10-18-19(29-21(15)32)9-14(11-27-18)13-30-5-7-31(8-6-30)16-3-4-17(28-12-16)20(26)22(23,24)25/h3-4,9-12,20H,2,5-8,13,26H2,1H3,(H,29,32). The maximum Gasteiger partial charge on any atom is 0.409 e. The van der Waals surface area contributed by atoms with E-state index in [2.05, 4.69) is 24.8 Å². The van der Waals surface area contributed by atoms with Crippen molar-refractivity contribution in [3.8, 4) is 0 Å². The Morgan fingerprint density at radius 3 is 2.50 bits per heavy atom. The fourth-order valence-electron chi connectivity index (χ4n) is 3.87. The van der Waals surface area contributed by atoms with Crippen molar-refractivity contribution in [3.63, 3.8) is 0 Å². The molecule has 0 spiro atoms. The number of hydrogen-bond donors (Lipinski definition) is 2. The summed E-state index contributed by atoms with van der Waals surface area (Å²) in [6.45, 7) is 5.66. The van der Waals surface area contributed by atoms with Crippen LogP contribution in [-0.2, 0) is 13.0 Å². The largest absolute Gasteiger partial charge is 0.409 e. The van der Waals surface area contributed by atoms with Gasteiger partial charge in [-0.15, -0.1) is 0 Å². The molecule has 7 nitrogen and oxygen atoms in total. The molecule has 10 heteroatoms. The highest BCUT2D eigenvalue weighted by Crippen LogP contribution is 2.30. The number of nitrogens with two attached hydrogens (primary N) is 1. The minimum Gasteiger partial charge on any atom is -0.368 e. The minimum absolute atomic E-state index is 0.0802. The number of H-pyrrole nitrogens is 1. The molecular weight excluding hydrogens is 421 g/mol. The summed E-state index contributed by atoms with van der Waals surface area (Å²) in [6.07, 6.45) is -0.570. The summed E-state index contributed by atoms with van der Waals surface area (Å²) < 4.78 is 38.2. The second-order valence-corrected chi connectivity index (χ2v) is 7.98. The topological polar surface area (TPSA) is 91.1 Å². The number of pyridine rings is 3. The number of alkyl halides is 3. The number of rotatable bonds is 5. The van der Waals surface area contributed by atoms with Crippen molar-refractivity contribution in [2.45, 2.75) is 32.1 Å². The number of aryl methyl sites for hydroxylation is 1. The summed E-state index contributed by atoms with van der Waals surface area (Å²) in [5.74, 6) is 0. The molecule has 4 heterocycles. The molecule has 0 bridgehead atoms. The van der Waals surface area contributed by atoms with E-state index >= 15 is 0 Å². The molecule has 3 N–H and O–H groups in total. The molecule has 32 heavy (non-hydrogen) atoms. The first-order chi connectivity index (χ1) is 15.2. The Kier molecular flexibility index (Phi) is 6.16. The van der Waals surface area contributed by atoms with Gasteiger partial charge in [0.2, 0.25) is 0 Å². The van der Waals surface area contributed by atoms with Crippen molar-refractivity contribution in [1.82, 2.24) is 19.9 Å². The van der Waals surface area contributed by atoms with Gasteiger partial charge in [0.15, 0.2) is 0 Å². The molecule has 1 fully saturated rings. The first kappa shape index (κ1) is 22.2. The van der Waals surface area contributed by atoms with Crippen LogP contribution in [0.25, 0.3) is 11.0 Å². The van der Waals surface area contributed by atoms with Gasteiger partial charge in [0.25, 0.3) is 5.56 Å². The van der Waals surface area contributed by atoms with Crippen LogP contribution >= 0.6 is 0 Å². The van der Waals surface area contributed by atoms with E-state index in [9.17, 15) is 18.0 Å². The SMILES string of the molecule is CCc1cc2ncc(CN3CCN(c4ccc(C(N)C(F)(F)F)nc4)CC3)cc2[nH]c1=O. The molecule has 0 aliphatic carbocycles. The van der Waals surface area contributed by atoms with Crippen molar-refractivity contribution in [2.75, 3.05) is 31.1 Å². The third-order valence-electron chi connectivity index (χ3n) is 5.79. The smallest absolute Gasteiger partial charge is 0.368 e. The summed E-state index contributed by atoms with van der Waals surface area (Å²) in [7, 11) is 0. The highest BCUT2D eigenvalue weighted by molar-refractivity contribution is 5.74. The average Bonchev–Trinajstić information content (AvgIpc) is 2.78. The maximum absolute atomic E-state index is 12.7. The molecule has 0 radical (unpaired) electrons. The summed E-state index contributed by atoms with van der Waals surface area (Å²) in [5, 5.41) is 0. The van der Waals surface area contributed by atoms with Crippen molar-refractivity contribution in [3.05, 3.63) is 63.8 Å². The van der Waals surface area contributed by atoms with Crippen LogP contribution in [0.3, 0.4) is 0 Å². The fourth-order valence-corrected chi connectivity index (χ4v) is 3.87. The number of fused-ring (bicyclic) bond motifs is 1. The number of aromatic amines is 1. The molecule has 3 aromatic rings. The number of halogens is 3. The molecule has 1 saturated heterocycles. The molecule has 170 valence electrons. The van der Waals surface area contributed by atoms with Crippen molar-refractivity contribution < 1.29 is 13.2 Å². The molecule has 0 aromatic carbocycles. The predicted octanol–water partition coefficient (Wildman–Crippen LogP) is 2.76. The lowest BCUT2D eigenvalue weighted by Gasteiger charge is -2.36. The molecule has 1 aliphatic rings. The zero-order valence-electron chi connectivity index (χ0n) is 17.7. The Hall–Kier alpha value is -2.98. The molecule has 1 aliphatic heterocycles. The molecule has 1 unspecified atom stereocenters. The minimum atomic E-state index is -4.51. The number of piperazine rings is 1. The van der Waals surface area contributed by atoms with Gasteiger partial charge in [0.1, 0.15) is 6.04 Å².